The van der Waals surface area contributed by atoms with Crippen LogP contribution in [0.4, 0.5) is 11.9 Å². The van der Waals surface area contributed by atoms with E-state index in [1.807, 2.05) is 0 Å². The van der Waals surface area contributed by atoms with Crippen LogP contribution in [0.1, 0.15) is 49.2 Å². The molecule has 0 aliphatic heterocycles. The van der Waals surface area contributed by atoms with Crippen LogP contribution in [0.25, 0.3) is 0 Å². The second-order valence-electron chi connectivity index (χ2n) is 5.47. The summed E-state index contributed by atoms with van der Waals surface area (Å²) in [5.74, 6) is 1.64. The summed E-state index contributed by atoms with van der Waals surface area (Å²) >= 11 is 0. The minimum Gasteiger partial charge on any atom is -0.368 e. The van der Waals surface area contributed by atoms with Gasteiger partial charge in [0, 0.05) is 6.42 Å². The number of fused-ring (bicyclic) bond motifs is 1. The number of benzene rings is 1. The Bertz CT molecular complexity index is 626. The Morgan fingerprint density at radius 1 is 1.24 bits per heavy atom. The van der Waals surface area contributed by atoms with Crippen molar-refractivity contribution < 1.29 is 0 Å². The quantitative estimate of drug-likeness (QED) is 0.902. The highest BCUT2D eigenvalue weighted by molar-refractivity contribution is 5.40. The molecule has 0 saturated heterocycles. The summed E-state index contributed by atoms with van der Waals surface area (Å²) in [5.41, 5.74) is 8.55. The molecule has 1 aromatic heterocycles. The van der Waals surface area contributed by atoms with Crippen molar-refractivity contribution >= 4 is 11.9 Å². The molecule has 110 valence electrons. The lowest BCUT2D eigenvalue weighted by molar-refractivity contribution is 0.595. The SMILES string of the molecule is CCCc1nc(N)nc(N[C@@H]2CCCc3ccccc32)n1. The second-order valence-corrected chi connectivity index (χ2v) is 5.47. The summed E-state index contributed by atoms with van der Waals surface area (Å²) in [4.78, 5) is 12.9. The first-order valence-electron chi connectivity index (χ1n) is 7.61. The first kappa shape index (κ1) is 13.8. The third-order valence-corrected chi connectivity index (χ3v) is 3.85. The summed E-state index contributed by atoms with van der Waals surface area (Å²) in [6.45, 7) is 2.10. The van der Waals surface area contributed by atoms with Crippen molar-refractivity contribution in [3.05, 3.63) is 41.2 Å². The van der Waals surface area contributed by atoms with Gasteiger partial charge in [-0.3, -0.25) is 0 Å². The average molecular weight is 283 g/mol. The zero-order valence-corrected chi connectivity index (χ0v) is 12.3. The lowest BCUT2D eigenvalue weighted by Crippen LogP contribution is -2.19. The van der Waals surface area contributed by atoms with E-state index in [9.17, 15) is 0 Å². The number of nitrogen functional groups attached to an aromatic ring is 1. The zero-order valence-electron chi connectivity index (χ0n) is 12.3. The van der Waals surface area contributed by atoms with Gasteiger partial charge in [-0.1, -0.05) is 31.2 Å². The number of nitrogens with zero attached hydrogens (tertiary/aromatic N) is 3. The van der Waals surface area contributed by atoms with Gasteiger partial charge < -0.3 is 11.1 Å². The van der Waals surface area contributed by atoms with Crippen LogP contribution in [0.5, 0.6) is 0 Å². The molecule has 21 heavy (non-hydrogen) atoms. The van der Waals surface area contributed by atoms with E-state index in [1.165, 1.54) is 17.5 Å². The molecule has 0 spiro atoms. The van der Waals surface area contributed by atoms with Crippen molar-refractivity contribution in [2.75, 3.05) is 11.1 Å². The summed E-state index contributed by atoms with van der Waals surface area (Å²) in [6.07, 6.45) is 5.23. The maximum absolute atomic E-state index is 5.79. The van der Waals surface area contributed by atoms with Gasteiger partial charge in [0.1, 0.15) is 5.82 Å². The molecule has 2 aromatic rings. The predicted molar refractivity (Wildman–Crippen MR) is 84.0 cm³/mol. The molecular weight excluding hydrogens is 262 g/mol. The van der Waals surface area contributed by atoms with Crippen LogP contribution in [-0.2, 0) is 12.8 Å². The maximum atomic E-state index is 5.79. The highest BCUT2D eigenvalue weighted by atomic mass is 15.2. The Morgan fingerprint density at radius 3 is 2.95 bits per heavy atom. The maximum Gasteiger partial charge on any atom is 0.228 e. The normalized spacial score (nSPS) is 17.3. The largest absolute Gasteiger partial charge is 0.368 e. The van der Waals surface area contributed by atoms with Gasteiger partial charge in [-0.25, -0.2) is 0 Å². The van der Waals surface area contributed by atoms with Crippen LogP contribution in [0, 0.1) is 0 Å². The molecule has 0 bridgehead atoms. The van der Waals surface area contributed by atoms with Crippen LogP contribution in [0.2, 0.25) is 0 Å². The Labute approximate surface area is 125 Å². The molecule has 1 aliphatic carbocycles. The second kappa shape index (κ2) is 6.08. The minimum absolute atomic E-state index is 0.256. The fraction of sp³-hybridized carbons (Fsp3) is 0.438. The Morgan fingerprint density at radius 2 is 2.10 bits per heavy atom. The lowest BCUT2D eigenvalue weighted by atomic mass is 9.88. The van der Waals surface area contributed by atoms with E-state index in [1.54, 1.807) is 0 Å². The fourth-order valence-electron chi connectivity index (χ4n) is 2.90. The Balaban J connectivity index is 1.84. The van der Waals surface area contributed by atoms with E-state index in [-0.39, 0.29) is 6.04 Å². The molecule has 1 aliphatic rings. The van der Waals surface area contributed by atoms with Gasteiger partial charge >= 0.3 is 0 Å². The van der Waals surface area contributed by atoms with E-state index < -0.39 is 0 Å². The van der Waals surface area contributed by atoms with Gasteiger partial charge in [-0.2, -0.15) is 15.0 Å². The standard InChI is InChI=1S/C16H21N5/c1-2-6-14-19-15(17)21-16(20-14)18-13-10-5-8-11-7-3-4-9-12(11)13/h3-4,7,9,13H,2,5-6,8,10H2,1H3,(H3,17,18,19,20,21)/t13-/m1/s1. The lowest BCUT2D eigenvalue weighted by Gasteiger charge is -2.26. The smallest absolute Gasteiger partial charge is 0.228 e. The number of aromatic nitrogens is 3. The number of rotatable bonds is 4. The van der Waals surface area contributed by atoms with Gasteiger partial charge in [0.25, 0.3) is 0 Å². The molecule has 0 unspecified atom stereocenters. The topological polar surface area (TPSA) is 76.7 Å². The molecule has 1 atom stereocenters. The molecule has 1 aromatic carbocycles. The molecule has 5 heteroatoms. The predicted octanol–water partition coefficient (Wildman–Crippen LogP) is 2.90. The molecule has 5 nitrogen and oxygen atoms in total. The number of aryl methyl sites for hydroxylation is 2. The first-order chi connectivity index (χ1) is 10.3. The van der Waals surface area contributed by atoms with E-state index in [0.717, 1.165) is 31.5 Å². The van der Waals surface area contributed by atoms with Crippen molar-refractivity contribution in [2.24, 2.45) is 0 Å². The Hall–Kier alpha value is -2.17. The van der Waals surface area contributed by atoms with Crippen LogP contribution in [0.15, 0.2) is 24.3 Å². The van der Waals surface area contributed by atoms with E-state index >= 15 is 0 Å². The molecule has 1 heterocycles. The summed E-state index contributed by atoms with van der Waals surface area (Å²) in [7, 11) is 0. The molecule has 0 saturated carbocycles. The molecule has 0 radical (unpaired) electrons. The third-order valence-electron chi connectivity index (χ3n) is 3.85. The van der Waals surface area contributed by atoms with Crippen molar-refractivity contribution in [1.82, 2.24) is 15.0 Å². The molecule has 0 fully saturated rings. The van der Waals surface area contributed by atoms with Gasteiger partial charge in [0.05, 0.1) is 6.04 Å². The van der Waals surface area contributed by atoms with Gasteiger partial charge in [-0.05, 0) is 36.8 Å². The summed E-state index contributed by atoms with van der Waals surface area (Å²) in [5, 5.41) is 3.43. The van der Waals surface area contributed by atoms with Crippen LogP contribution in [0.3, 0.4) is 0 Å². The highest BCUT2D eigenvalue weighted by Gasteiger charge is 2.20. The summed E-state index contributed by atoms with van der Waals surface area (Å²) < 4.78 is 0. The number of anilines is 2. The number of nitrogens with two attached hydrogens (primary N) is 1. The molecule has 3 rings (SSSR count). The number of hydrogen-bond donors (Lipinski definition) is 2. The Kier molecular flexibility index (Phi) is 3.99. The molecule has 3 N–H and O–H groups in total. The first-order valence-corrected chi connectivity index (χ1v) is 7.61. The van der Waals surface area contributed by atoms with Crippen LogP contribution < -0.4 is 11.1 Å². The fourth-order valence-corrected chi connectivity index (χ4v) is 2.90. The monoisotopic (exact) mass is 283 g/mol. The average Bonchev–Trinajstić information content (AvgIpc) is 2.47. The van der Waals surface area contributed by atoms with E-state index in [2.05, 4.69) is 51.5 Å². The minimum atomic E-state index is 0.256. The van der Waals surface area contributed by atoms with Crippen LogP contribution in [-0.4, -0.2) is 15.0 Å². The van der Waals surface area contributed by atoms with Crippen molar-refractivity contribution in [2.45, 2.75) is 45.1 Å². The van der Waals surface area contributed by atoms with Crippen LogP contribution >= 0.6 is 0 Å². The van der Waals surface area contributed by atoms with E-state index in [4.69, 9.17) is 5.73 Å². The number of nitrogens with one attached hydrogen (secondary N) is 1. The van der Waals surface area contributed by atoms with E-state index in [0.29, 0.717) is 11.9 Å². The molecule has 0 amide bonds. The van der Waals surface area contributed by atoms with Crippen molar-refractivity contribution in [3.63, 3.8) is 0 Å². The van der Waals surface area contributed by atoms with Crippen molar-refractivity contribution in [1.29, 1.82) is 0 Å². The van der Waals surface area contributed by atoms with Crippen molar-refractivity contribution in [3.8, 4) is 0 Å². The third kappa shape index (κ3) is 3.12. The van der Waals surface area contributed by atoms with Gasteiger partial charge in [0.15, 0.2) is 0 Å². The van der Waals surface area contributed by atoms with Gasteiger partial charge in [0.2, 0.25) is 11.9 Å². The summed E-state index contributed by atoms with van der Waals surface area (Å²) in [6, 6.07) is 8.83. The van der Waals surface area contributed by atoms with Gasteiger partial charge in [-0.15, -0.1) is 0 Å². The highest BCUT2D eigenvalue weighted by Crippen LogP contribution is 2.31. The number of hydrogen-bond acceptors (Lipinski definition) is 5. The zero-order chi connectivity index (χ0) is 14.7. The molecular formula is C16H21N5.